The number of nitrogens with two attached hydrogens (primary N) is 1. The Hall–Kier alpha value is -1.72. The van der Waals surface area contributed by atoms with Crippen molar-refractivity contribution < 1.29 is 22.7 Å². The van der Waals surface area contributed by atoms with Crippen molar-refractivity contribution in [1.82, 2.24) is 0 Å². The Morgan fingerprint density at radius 1 is 1.42 bits per heavy atom. The maximum Gasteiger partial charge on any atom is 0.573 e. The molecule has 1 rings (SSSR count). The van der Waals surface area contributed by atoms with Gasteiger partial charge in [0, 0.05) is 5.92 Å². The number of halogens is 3. The lowest BCUT2D eigenvalue weighted by atomic mass is 9.85. The molecular formula is C13H16F3NO2. The summed E-state index contributed by atoms with van der Waals surface area (Å²) in [6.07, 6.45) is -4.20. The van der Waals surface area contributed by atoms with Gasteiger partial charge in [-0.1, -0.05) is 26.0 Å². The number of amides is 1. The van der Waals surface area contributed by atoms with Crippen LogP contribution in [0.5, 0.6) is 5.75 Å². The van der Waals surface area contributed by atoms with E-state index < -0.39 is 18.2 Å². The van der Waals surface area contributed by atoms with E-state index in [2.05, 4.69) is 4.74 Å². The van der Waals surface area contributed by atoms with Gasteiger partial charge in [0.05, 0.1) is 0 Å². The van der Waals surface area contributed by atoms with Crippen LogP contribution in [0.4, 0.5) is 13.2 Å². The number of hydrogen-bond donors (Lipinski definition) is 1. The fourth-order valence-electron chi connectivity index (χ4n) is 2.03. The molecule has 2 N–H and O–H groups in total. The van der Waals surface area contributed by atoms with Gasteiger partial charge in [-0.05, 0) is 30.0 Å². The molecule has 0 aliphatic carbocycles. The van der Waals surface area contributed by atoms with Gasteiger partial charge in [0.25, 0.3) is 0 Å². The van der Waals surface area contributed by atoms with Gasteiger partial charge >= 0.3 is 6.36 Å². The summed E-state index contributed by atoms with van der Waals surface area (Å²) in [6, 6.07) is 5.61. The van der Waals surface area contributed by atoms with Crippen LogP contribution >= 0.6 is 0 Å². The maximum atomic E-state index is 12.1. The molecule has 0 heterocycles. The van der Waals surface area contributed by atoms with Crippen molar-refractivity contribution in [3.8, 4) is 5.75 Å². The molecule has 1 aromatic carbocycles. The van der Waals surface area contributed by atoms with Crippen LogP contribution in [0.15, 0.2) is 24.3 Å². The lowest BCUT2D eigenvalue weighted by molar-refractivity contribution is -0.274. The third-order valence-corrected chi connectivity index (χ3v) is 3.03. The standard InChI is InChI=1S/C13H16F3NO2/c1-3-11(12(17)18)8(2)9-5-4-6-10(7-9)19-13(14,15)16/h4-8,11H,3H2,1-2H3,(H2,17,18)/t8-,11?/m1/s1. The molecule has 1 amide bonds. The predicted molar refractivity (Wildman–Crippen MR) is 64.5 cm³/mol. The summed E-state index contributed by atoms with van der Waals surface area (Å²) in [4.78, 5) is 11.3. The molecule has 0 aliphatic heterocycles. The van der Waals surface area contributed by atoms with E-state index in [-0.39, 0.29) is 11.7 Å². The molecular weight excluding hydrogens is 259 g/mol. The topological polar surface area (TPSA) is 52.3 Å². The summed E-state index contributed by atoms with van der Waals surface area (Å²) in [7, 11) is 0. The molecule has 0 spiro atoms. The molecule has 1 unspecified atom stereocenters. The summed E-state index contributed by atoms with van der Waals surface area (Å²) in [6.45, 7) is 3.56. The van der Waals surface area contributed by atoms with Crippen LogP contribution in [-0.4, -0.2) is 12.3 Å². The Labute approximate surface area is 109 Å². The summed E-state index contributed by atoms with van der Waals surface area (Å²) in [5.74, 6) is -1.44. The number of alkyl halides is 3. The lowest BCUT2D eigenvalue weighted by Crippen LogP contribution is -2.27. The normalized spacial score (nSPS) is 14.8. The molecule has 0 aromatic heterocycles. The molecule has 0 aliphatic rings. The number of carbonyl (C=O) groups excluding carboxylic acids is 1. The van der Waals surface area contributed by atoms with E-state index in [1.807, 2.05) is 6.92 Å². The van der Waals surface area contributed by atoms with Gasteiger partial charge in [-0.3, -0.25) is 4.79 Å². The van der Waals surface area contributed by atoms with Gasteiger partial charge < -0.3 is 10.5 Å². The zero-order valence-corrected chi connectivity index (χ0v) is 10.7. The first-order valence-corrected chi connectivity index (χ1v) is 5.89. The Kier molecular flexibility index (Phi) is 4.80. The maximum absolute atomic E-state index is 12.1. The minimum Gasteiger partial charge on any atom is -0.406 e. The highest BCUT2D eigenvalue weighted by molar-refractivity contribution is 5.77. The largest absolute Gasteiger partial charge is 0.573 e. The van der Waals surface area contributed by atoms with Gasteiger partial charge in [-0.25, -0.2) is 0 Å². The number of ether oxygens (including phenoxy) is 1. The molecule has 3 nitrogen and oxygen atoms in total. The van der Waals surface area contributed by atoms with Crippen LogP contribution in [0.25, 0.3) is 0 Å². The van der Waals surface area contributed by atoms with Crippen molar-refractivity contribution in [2.45, 2.75) is 32.5 Å². The summed E-state index contributed by atoms with van der Waals surface area (Å²) in [5, 5.41) is 0. The highest BCUT2D eigenvalue weighted by Crippen LogP contribution is 2.30. The van der Waals surface area contributed by atoms with E-state index >= 15 is 0 Å². The average Bonchev–Trinajstić information content (AvgIpc) is 2.27. The highest BCUT2D eigenvalue weighted by atomic mass is 19.4. The number of primary amides is 1. The fourth-order valence-corrected chi connectivity index (χ4v) is 2.03. The molecule has 0 radical (unpaired) electrons. The SMILES string of the molecule is CCC(C(N)=O)[C@H](C)c1cccc(OC(F)(F)F)c1. The molecule has 6 heteroatoms. The van der Waals surface area contributed by atoms with Crippen LogP contribution in [0, 0.1) is 5.92 Å². The third kappa shape index (κ3) is 4.46. The smallest absolute Gasteiger partial charge is 0.406 e. The number of rotatable bonds is 5. The Morgan fingerprint density at radius 3 is 2.53 bits per heavy atom. The Morgan fingerprint density at radius 2 is 2.05 bits per heavy atom. The molecule has 1 aromatic rings. The van der Waals surface area contributed by atoms with E-state index in [1.54, 1.807) is 13.0 Å². The zero-order valence-electron chi connectivity index (χ0n) is 10.7. The monoisotopic (exact) mass is 275 g/mol. The van der Waals surface area contributed by atoms with Crippen LogP contribution in [0.2, 0.25) is 0 Å². The van der Waals surface area contributed by atoms with Crippen LogP contribution in [0.1, 0.15) is 31.7 Å². The summed E-state index contributed by atoms with van der Waals surface area (Å²) >= 11 is 0. The second kappa shape index (κ2) is 5.95. The van der Waals surface area contributed by atoms with Crippen molar-refractivity contribution >= 4 is 5.91 Å². The number of hydrogen-bond acceptors (Lipinski definition) is 2. The fraction of sp³-hybridized carbons (Fsp3) is 0.462. The van der Waals surface area contributed by atoms with E-state index in [0.29, 0.717) is 12.0 Å². The van der Waals surface area contributed by atoms with Crippen molar-refractivity contribution in [2.75, 3.05) is 0 Å². The second-order valence-corrected chi connectivity index (χ2v) is 4.33. The van der Waals surface area contributed by atoms with Crippen molar-refractivity contribution in [2.24, 2.45) is 11.7 Å². The molecule has 0 saturated heterocycles. The minimum atomic E-state index is -4.73. The van der Waals surface area contributed by atoms with Gasteiger partial charge in [-0.2, -0.15) is 0 Å². The summed E-state index contributed by atoms with van der Waals surface area (Å²) in [5.41, 5.74) is 5.87. The van der Waals surface area contributed by atoms with Crippen molar-refractivity contribution in [1.29, 1.82) is 0 Å². The Bertz CT molecular complexity index is 446. The highest BCUT2D eigenvalue weighted by Gasteiger charge is 2.31. The van der Waals surface area contributed by atoms with Crippen molar-refractivity contribution in [3.05, 3.63) is 29.8 Å². The zero-order chi connectivity index (χ0) is 14.6. The Balaban J connectivity index is 2.95. The van der Waals surface area contributed by atoms with Crippen molar-refractivity contribution in [3.63, 3.8) is 0 Å². The second-order valence-electron chi connectivity index (χ2n) is 4.33. The van der Waals surface area contributed by atoms with Gasteiger partial charge in [-0.15, -0.1) is 13.2 Å². The van der Waals surface area contributed by atoms with Crippen LogP contribution in [0.3, 0.4) is 0 Å². The van der Waals surface area contributed by atoms with Gasteiger partial charge in [0.2, 0.25) is 5.91 Å². The average molecular weight is 275 g/mol. The minimum absolute atomic E-state index is 0.265. The van der Waals surface area contributed by atoms with E-state index in [0.717, 1.165) is 0 Å². The first-order valence-electron chi connectivity index (χ1n) is 5.89. The molecule has 0 saturated carbocycles. The van der Waals surface area contributed by atoms with E-state index in [1.165, 1.54) is 18.2 Å². The summed E-state index contributed by atoms with van der Waals surface area (Å²) < 4.78 is 40.2. The molecule has 0 bridgehead atoms. The first kappa shape index (κ1) is 15.3. The van der Waals surface area contributed by atoms with Gasteiger partial charge in [0.1, 0.15) is 5.75 Å². The first-order chi connectivity index (χ1) is 8.74. The van der Waals surface area contributed by atoms with Crippen LogP contribution < -0.4 is 10.5 Å². The van der Waals surface area contributed by atoms with E-state index in [9.17, 15) is 18.0 Å². The lowest BCUT2D eigenvalue weighted by Gasteiger charge is -2.20. The van der Waals surface area contributed by atoms with Crippen LogP contribution in [-0.2, 0) is 4.79 Å². The molecule has 0 fully saturated rings. The molecule has 2 atom stereocenters. The molecule has 19 heavy (non-hydrogen) atoms. The third-order valence-electron chi connectivity index (χ3n) is 3.03. The number of benzene rings is 1. The predicted octanol–water partition coefficient (Wildman–Crippen LogP) is 3.20. The molecule has 106 valence electrons. The van der Waals surface area contributed by atoms with Gasteiger partial charge in [0.15, 0.2) is 0 Å². The quantitative estimate of drug-likeness (QED) is 0.897. The number of carbonyl (C=O) groups is 1. The van der Waals surface area contributed by atoms with E-state index in [4.69, 9.17) is 5.73 Å².